The van der Waals surface area contributed by atoms with Crippen molar-refractivity contribution in [3.63, 3.8) is 0 Å². The number of nitrogens with one attached hydrogen (secondary N) is 1. The van der Waals surface area contributed by atoms with Gasteiger partial charge in [0.25, 0.3) is 0 Å². The molecule has 0 aromatic heterocycles. The van der Waals surface area contributed by atoms with Crippen molar-refractivity contribution < 1.29 is 19.7 Å². The molecule has 2 rings (SSSR count). The van der Waals surface area contributed by atoms with E-state index in [-0.39, 0.29) is 23.1 Å². The van der Waals surface area contributed by atoms with Crippen LogP contribution in [0.25, 0.3) is 0 Å². The lowest BCUT2D eigenvalue weighted by atomic mass is 10.0. The van der Waals surface area contributed by atoms with Crippen LogP contribution in [0, 0.1) is 0 Å². The van der Waals surface area contributed by atoms with Crippen molar-refractivity contribution >= 4 is 5.97 Å². The molecule has 17 heavy (non-hydrogen) atoms. The molecule has 1 aliphatic rings. The first kappa shape index (κ1) is 11.7. The van der Waals surface area contributed by atoms with E-state index in [0.717, 1.165) is 19.4 Å². The fourth-order valence-electron chi connectivity index (χ4n) is 2.10. The molecule has 0 saturated carbocycles. The van der Waals surface area contributed by atoms with Crippen molar-refractivity contribution in [2.45, 2.75) is 18.9 Å². The second kappa shape index (κ2) is 4.63. The molecule has 3 N–H and O–H groups in total. The van der Waals surface area contributed by atoms with E-state index in [0.29, 0.717) is 5.56 Å². The Morgan fingerprint density at radius 2 is 2.18 bits per heavy atom. The maximum atomic E-state index is 11.4. The smallest absolute Gasteiger partial charge is 0.341 e. The minimum absolute atomic E-state index is 0.00504. The molecule has 0 aliphatic carbocycles. The molecule has 1 fully saturated rings. The van der Waals surface area contributed by atoms with Gasteiger partial charge >= 0.3 is 5.97 Å². The Hall–Kier alpha value is -1.75. The Morgan fingerprint density at radius 1 is 1.41 bits per heavy atom. The highest BCUT2D eigenvalue weighted by Crippen LogP contribution is 2.35. The molecule has 5 nitrogen and oxygen atoms in total. The number of benzene rings is 1. The van der Waals surface area contributed by atoms with E-state index in [2.05, 4.69) is 10.1 Å². The Morgan fingerprint density at radius 3 is 2.76 bits per heavy atom. The Bertz CT molecular complexity index is 438. The zero-order valence-electron chi connectivity index (χ0n) is 9.56. The third-order valence-electron chi connectivity index (χ3n) is 2.99. The summed E-state index contributed by atoms with van der Waals surface area (Å²) in [5.74, 6) is -0.882. The highest BCUT2D eigenvalue weighted by atomic mass is 16.5. The van der Waals surface area contributed by atoms with Crippen LogP contribution in [0.4, 0.5) is 0 Å². The van der Waals surface area contributed by atoms with Gasteiger partial charge in [-0.25, -0.2) is 4.79 Å². The first-order valence-electron chi connectivity index (χ1n) is 5.51. The maximum absolute atomic E-state index is 11.4. The highest BCUT2D eigenvalue weighted by Gasteiger charge is 2.23. The number of esters is 1. The summed E-state index contributed by atoms with van der Waals surface area (Å²) >= 11 is 0. The molecule has 0 bridgehead atoms. The maximum Gasteiger partial charge on any atom is 0.341 e. The molecule has 1 saturated heterocycles. The molecule has 1 aliphatic heterocycles. The third kappa shape index (κ3) is 2.19. The summed E-state index contributed by atoms with van der Waals surface area (Å²) in [7, 11) is 1.25. The predicted molar refractivity (Wildman–Crippen MR) is 61.1 cm³/mol. The molecular weight excluding hydrogens is 222 g/mol. The number of phenols is 2. The first-order valence-corrected chi connectivity index (χ1v) is 5.51. The summed E-state index contributed by atoms with van der Waals surface area (Å²) < 4.78 is 4.57. The standard InChI is InChI=1S/C12H15NO4/c1-17-12(16)8-5-7(9-3-2-4-13-9)10(14)6-11(8)15/h5-6,9,13-15H,2-4H2,1H3. The van der Waals surface area contributed by atoms with E-state index in [4.69, 9.17) is 0 Å². The van der Waals surface area contributed by atoms with Crippen LogP contribution < -0.4 is 5.32 Å². The number of hydrogen-bond donors (Lipinski definition) is 3. The van der Waals surface area contributed by atoms with Gasteiger partial charge in [0.15, 0.2) is 0 Å². The van der Waals surface area contributed by atoms with Crippen molar-refractivity contribution in [2.24, 2.45) is 0 Å². The van der Waals surface area contributed by atoms with E-state index >= 15 is 0 Å². The summed E-state index contributed by atoms with van der Waals surface area (Å²) in [6.07, 6.45) is 1.93. The normalized spacial score (nSPS) is 19.2. The van der Waals surface area contributed by atoms with E-state index in [1.54, 1.807) is 0 Å². The van der Waals surface area contributed by atoms with E-state index in [9.17, 15) is 15.0 Å². The minimum atomic E-state index is -0.609. The third-order valence-corrected chi connectivity index (χ3v) is 2.99. The van der Waals surface area contributed by atoms with Crippen LogP contribution in [0.5, 0.6) is 11.5 Å². The number of carbonyl (C=O) groups excluding carboxylic acids is 1. The van der Waals surface area contributed by atoms with Crippen LogP contribution >= 0.6 is 0 Å². The molecular formula is C12H15NO4. The molecule has 1 unspecified atom stereocenters. The van der Waals surface area contributed by atoms with Crippen LogP contribution in [0.3, 0.4) is 0 Å². The van der Waals surface area contributed by atoms with Gasteiger partial charge in [0.05, 0.1) is 7.11 Å². The van der Waals surface area contributed by atoms with Crippen LogP contribution in [-0.4, -0.2) is 29.8 Å². The predicted octanol–water partition coefficient (Wildman–Crippen LogP) is 1.31. The van der Waals surface area contributed by atoms with Crippen LogP contribution in [0.15, 0.2) is 12.1 Å². The van der Waals surface area contributed by atoms with Gasteiger partial charge in [-0.15, -0.1) is 0 Å². The van der Waals surface area contributed by atoms with Gasteiger partial charge < -0.3 is 20.3 Å². The Kier molecular flexibility index (Phi) is 3.19. The first-order chi connectivity index (χ1) is 8.13. The number of ether oxygens (including phenoxy) is 1. The Labute approximate surface area is 99.0 Å². The van der Waals surface area contributed by atoms with Gasteiger partial charge in [-0.3, -0.25) is 0 Å². The molecule has 1 atom stereocenters. The summed E-state index contributed by atoms with van der Waals surface area (Å²) in [6, 6.07) is 2.69. The average Bonchev–Trinajstić information content (AvgIpc) is 2.81. The molecule has 5 heteroatoms. The van der Waals surface area contributed by atoms with Crippen LogP contribution in [-0.2, 0) is 4.74 Å². The SMILES string of the molecule is COC(=O)c1cc(C2CCCN2)c(O)cc1O. The van der Waals surface area contributed by atoms with E-state index < -0.39 is 5.97 Å². The van der Waals surface area contributed by atoms with Gasteiger partial charge in [-0.1, -0.05) is 0 Å². The molecule has 0 amide bonds. The number of hydrogen-bond acceptors (Lipinski definition) is 5. The lowest BCUT2D eigenvalue weighted by Crippen LogP contribution is -2.14. The van der Waals surface area contributed by atoms with Crippen LogP contribution in [0.1, 0.15) is 34.8 Å². The lowest BCUT2D eigenvalue weighted by Gasteiger charge is -2.14. The number of carbonyl (C=O) groups is 1. The largest absolute Gasteiger partial charge is 0.507 e. The fraction of sp³-hybridized carbons (Fsp3) is 0.417. The van der Waals surface area contributed by atoms with E-state index in [1.165, 1.54) is 19.2 Å². The number of aromatic hydroxyl groups is 2. The van der Waals surface area contributed by atoms with Crippen molar-refractivity contribution in [1.82, 2.24) is 5.32 Å². The van der Waals surface area contributed by atoms with Crippen molar-refractivity contribution in [3.05, 3.63) is 23.3 Å². The second-order valence-corrected chi connectivity index (χ2v) is 4.07. The van der Waals surface area contributed by atoms with Gasteiger partial charge in [0, 0.05) is 17.7 Å². The van der Waals surface area contributed by atoms with E-state index in [1.807, 2.05) is 0 Å². The molecule has 0 radical (unpaired) electrons. The van der Waals surface area contributed by atoms with Crippen molar-refractivity contribution in [2.75, 3.05) is 13.7 Å². The minimum Gasteiger partial charge on any atom is -0.507 e. The van der Waals surface area contributed by atoms with Crippen molar-refractivity contribution in [3.8, 4) is 11.5 Å². The highest BCUT2D eigenvalue weighted by molar-refractivity contribution is 5.93. The Balaban J connectivity index is 2.41. The molecule has 1 aromatic carbocycles. The fourth-order valence-corrected chi connectivity index (χ4v) is 2.10. The summed E-state index contributed by atoms with van der Waals surface area (Å²) in [4.78, 5) is 11.4. The number of methoxy groups -OCH3 is 1. The molecule has 0 spiro atoms. The summed E-state index contributed by atoms with van der Waals surface area (Å²) in [5.41, 5.74) is 0.703. The second-order valence-electron chi connectivity index (χ2n) is 4.07. The van der Waals surface area contributed by atoms with Gasteiger partial charge in [-0.2, -0.15) is 0 Å². The number of phenolic OH excluding ortho intramolecular Hbond substituents is 2. The summed E-state index contributed by atoms with van der Waals surface area (Å²) in [6.45, 7) is 0.887. The molecule has 1 aromatic rings. The molecule has 1 heterocycles. The topological polar surface area (TPSA) is 78.8 Å². The zero-order chi connectivity index (χ0) is 12.4. The summed E-state index contributed by atoms with van der Waals surface area (Å²) in [5, 5.41) is 22.6. The lowest BCUT2D eigenvalue weighted by molar-refractivity contribution is 0.0597. The van der Waals surface area contributed by atoms with Gasteiger partial charge in [-0.05, 0) is 25.5 Å². The quantitative estimate of drug-likeness (QED) is 0.676. The van der Waals surface area contributed by atoms with Crippen LogP contribution in [0.2, 0.25) is 0 Å². The number of rotatable bonds is 2. The monoisotopic (exact) mass is 237 g/mol. The van der Waals surface area contributed by atoms with Crippen molar-refractivity contribution in [1.29, 1.82) is 0 Å². The zero-order valence-corrected chi connectivity index (χ0v) is 9.56. The average molecular weight is 237 g/mol. The van der Waals surface area contributed by atoms with Gasteiger partial charge in [0.1, 0.15) is 17.1 Å². The van der Waals surface area contributed by atoms with Gasteiger partial charge in [0.2, 0.25) is 0 Å². The molecule has 92 valence electrons.